The summed E-state index contributed by atoms with van der Waals surface area (Å²) in [6.45, 7) is -0.270. The molecule has 0 atom stereocenters. The van der Waals surface area contributed by atoms with Crippen LogP contribution in [-0.4, -0.2) is 39.9 Å². The van der Waals surface area contributed by atoms with Crippen molar-refractivity contribution < 1.29 is 28.6 Å². The highest BCUT2D eigenvalue weighted by molar-refractivity contribution is 9.10. The Morgan fingerprint density at radius 2 is 2.03 bits per heavy atom. The van der Waals surface area contributed by atoms with Gasteiger partial charge < -0.3 is 14.6 Å². The van der Waals surface area contributed by atoms with Crippen LogP contribution in [0.25, 0.3) is 6.08 Å². The number of aliphatic carboxylic acids is 1. The summed E-state index contributed by atoms with van der Waals surface area (Å²) in [5.74, 6) is -1.04. The Hall–Kier alpha value is -2.43. The molecule has 0 radical (unpaired) electrons. The number of carboxylic acid groups (broad SMARTS) is 1. The molecule has 6 nitrogen and oxygen atoms in total. The third-order valence-corrected chi connectivity index (χ3v) is 5.98. The van der Waals surface area contributed by atoms with Gasteiger partial charge in [0.1, 0.15) is 23.3 Å². The third kappa shape index (κ3) is 5.18. The smallest absolute Gasteiger partial charge is 0.323 e. The quantitative estimate of drug-likeness (QED) is 0.434. The largest absolute Gasteiger partial charge is 0.493 e. The number of rotatable bonds is 7. The number of benzene rings is 2. The fraction of sp³-hybridized carbons (Fsp3) is 0.150. The number of hydrogen-bond acceptors (Lipinski definition) is 6. The molecule has 10 heteroatoms. The van der Waals surface area contributed by atoms with Crippen LogP contribution in [-0.2, 0) is 16.2 Å². The summed E-state index contributed by atoms with van der Waals surface area (Å²) >= 11 is 9.58. The van der Waals surface area contributed by atoms with Crippen LogP contribution in [0.3, 0.4) is 0 Å². The van der Waals surface area contributed by atoms with Crippen molar-refractivity contribution in [1.29, 1.82) is 0 Å². The van der Waals surface area contributed by atoms with E-state index in [-0.39, 0.29) is 16.7 Å². The van der Waals surface area contributed by atoms with E-state index in [0.29, 0.717) is 26.4 Å². The van der Waals surface area contributed by atoms with Gasteiger partial charge in [-0.1, -0.05) is 36.1 Å². The lowest BCUT2D eigenvalue weighted by molar-refractivity contribution is -0.140. The molecule has 0 spiro atoms. The Balaban J connectivity index is 1.82. The Bertz CT molecular complexity index is 1040. The van der Waals surface area contributed by atoms with Gasteiger partial charge in [-0.2, -0.15) is 0 Å². The van der Waals surface area contributed by atoms with Crippen LogP contribution in [0.15, 0.2) is 45.8 Å². The minimum absolute atomic E-state index is 0.193. The van der Waals surface area contributed by atoms with Gasteiger partial charge in [0.2, 0.25) is 0 Å². The van der Waals surface area contributed by atoms with Gasteiger partial charge >= 0.3 is 5.97 Å². The average molecular weight is 512 g/mol. The molecule has 1 aliphatic rings. The molecule has 0 bridgehead atoms. The maximum Gasteiger partial charge on any atom is 0.323 e. The molecule has 3 rings (SSSR count). The number of thiocarbonyl (C=S) groups is 1. The maximum atomic E-state index is 13.0. The highest BCUT2D eigenvalue weighted by atomic mass is 79.9. The number of hydrogen-bond donors (Lipinski definition) is 1. The molecule has 0 aliphatic carbocycles. The first-order valence-corrected chi connectivity index (χ1v) is 10.5. The number of carbonyl (C=O) groups excluding carboxylic acids is 1. The van der Waals surface area contributed by atoms with Gasteiger partial charge in [0.25, 0.3) is 5.91 Å². The number of thioether (sulfide) groups is 1. The van der Waals surface area contributed by atoms with Crippen LogP contribution in [0, 0.1) is 5.82 Å². The van der Waals surface area contributed by atoms with Gasteiger partial charge in [0.05, 0.1) is 16.5 Å². The van der Waals surface area contributed by atoms with Crippen molar-refractivity contribution in [2.45, 2.75) is 6.61 Å². The third-order valence-electron chi connectivity index (χ3n) is 4.01. The standard InChI is InChI=1S/C20H15BrFNO5S2/c1-27-15-7-12(8-16-19(26)23(9-17(24)25)20(29)30-16)6-14(21)18(15)28-10-11-2-4-13(22)5-3-11/h2-8H,9-10H2,1H3,(H,24,25)/b16-8+. The zero-order chi connectivity index (χ0) is 21.8. The molecule has 1 fully saturated rings. The Kier molecular flexibility index (Phi) is 7.11. The lowest BCUT2D eigenvalue weighted by atomic mass is 10.1. The van der Waals surface area contributed by atoms with Gasteiger partial charge in [0, 0.05) is 0 Å². The monoisotopic (exact) mass is 511 g/mol. The maximum absolute atomic E-state index is 13.0. The molecule has 1 N–H and O–H groups in total. The SMILES string of the molecule is COc1cc(/C=C2/SC(=S)N(CC(=O)O)C2=O)cc(Br)c1OCc1ccc(F)cc1. The molecule has 0 aromatic heterocycles. The van der Waals surface area contributed by atoms with Crippen LogP contribution >= 0.6 is 39.9 Å². The van der Waals surface area contributed by atoms with Crippen LogP contribution in [0.1, 0.15) is 11.1 Å². The number of amides is 1. The van der Waals surface area contributed by atoms with E-state index in [0.717, 1.165) is 22.2 Å². The summed E-state index contributed by atoms with van der Waals surface area (Å²) in [5, 5.41) is 8.93. The molecule has 1 aliphatic heterocycles. The van der Waals surface area contributed by atoms with E-state index >= 15 is 0 Å². The van der Waals surface area contributed by atoms with Crippen molar-refractivity contribution in [3.05, 3.63) is 62.7 Å². The summed E-state index contributed by atoms with van der Waals surface area (Å²) in [4.78, 5) is 24.7. The molecule has 1 saturated heterocycles. The van der Waals surface area contributed by atoms with E-state index in [9.17, 15) is 14.0 Å². The number of carbonyl (C=O) groups is 2. The summed E-state index contributed by atoms with van der Waals surface area (Å²) in [6.07, 6.45) is 1.61. The lowest BCUT2D eigenvalue weighted by Crippen LogP contribution is -2.33. The summed E-state index contributed by atoms with van der Waals surface area (Å²) in [7, 11) is 1.49. The molecule has 0 saturated carbocycles. The normalized spacial score (nSPS) is 15.0. The first kappa shape index (κ1) is 22.3. The molecular weight excluding hydrogens is 497 g/mol. The Labute approximate surface area is 189 Å². The van der Waals surface area contributed by atoms with Crippen molar-refractivity contribution in [2.24, 2.45) is 0 Å². The van der Waals surface area contributed by atoms with Gasteiger partial charge in [0.15, 0.2) is 11.5 Å². The molecule has 2 aromatic carbocycles. The van der Waals surface area contributed by atoms with Gasteiger partial charge in [-0.15, -0.1) is 0 Å². The van der Waals surface area contributed by atoms with E-state index in [1.165, 1.54) is 19.2 Å². The molecular formula is C20H15BrFNO5S2. The zero-order valence-electron chi connectivity index (χ0n) is 15.6. The summed E-state index contributed by atoms with van der Waals surface area (Å²) < 4.78 is 25.1. The van der Waals surface area contributed by atoms with E-state index in [4.69, 9.17) is 26.8 Å². The average Bonchev–Trinajstić information content (AvgIpc) is 2.95. The van der Waals surface area contributed by atoms with E-state index in [1.54, 1.807) is 30.3 Å². The molecule has 1 heterocycles. The van der Waals surface area contributed by atoms with Crippen molar-refractivity contribution in [3.63, 3.8) is 0 Å². The zero-order valence-corrected chi connectivity index (χ0v) is 18.8. The highest BCUT2D eigenvalue weighted by Gasteiger charge is 2.33. The number of carboxylic acids is 1. The van der Waals surface area contributed by atoms with Gasteiger partial charge in [-0.3, -0.25) is 14.5 Å². The van der Waals surface area contributed by atoms with Gasteiger partial charge in [-0.25, -0.2) is 4.39 Å². The molecule has 156 valence electrons. The fourth-order valence-corrected chi connectivity index (χ4v) is 4.45. The number of nitrogens with zero attached hydrogens (tertiary/aromatic N) is 1. The second-order valence-electron chi connectivity index (χ2n) is 6.11. The molecule has 1 amide bonds. The molecule has 0 unspecified atom stereocenters. The highest BCUT2D eigenvalue weighted by Crippen LogP contribution is 2.39. The van der Waals surface area contributed by atoms with Crippen LogP contribution in [0.4, 0.5) is 4.39 Å². The van der Waals surface area contributed by atoms with Crippen LogP contribution < -0.4 is 9.47 Å². The first-order valence-electron chi connectivity index (χ1n) is 8.50. The Morgan fingerprint density at radius 3 is 2.67 bits per heavy atom. The minimum atomic E-state index is -1.14. The molecule has 30 heavy (non-hydrogen) atoms. The lowest BCUT2D eigenvalue weighted by Gasteiger charge is -2.14. The van der Waals surface area contributed by atoms with E-state index in [2.05, 4.69) is 15.9 Å². The molecule has 2 aromatic rings. The fourth-order valence-electron chi connectivity index (χ4n) is 2.62. The second-order valence-corrected chi connectivity index (χ2v) is 8.64. The number of methoxy groups -OCH3 is 1. The summed E-state index contributed by atoms with van der Waals surface area (Å²) in [5.41, 5.74) is 1.43. The summed E-state index contributed by atoms with van der Waals surface area (Å²) in [6, 6.07) is 9.40. The van der Waals surface area contributed by atoms with Crippen molar-refractivity contribution in [1.82, 2.24) is 4.90 Å². The van der Waals surface area contributed by atoms with Crippen molar-refractivity contribution in [3.8, 4) is 11.5 Å². The topological polar surface area (TPSA) is 76.1 Å². The van der Waals surface area contributed by atoms with Gasteiger partial charge in [-0.05, 0) is 57.4 Å². The Morgan fingerprint density at radius 1 is 1.33 bits per heavy atom. The van der Waals surface area contributed by atoms with Crippen LogP contribution in [0.2, 0.25) is 0 Å². The number of halogens is 2. The predicted octanol–water partition coefficient (Wildman–Crippen LogP) is 4.46. The second kappa shape index (κ2) is 9.59. The minimum Gasteiger partial charge on any atom is -0.493 e. The van der Waals surface area contributed by atoms with Crippen molar-refractivity contribution >= 4 is 62.2 Å². The number of ether oxygens (including phenoxy) is 2. The van der Waals surface area contributed by atoms with Crippen molar-refractivity contribution in [2.75, 3.05) is 13.7 Å². The first-order chi connectivity index (χ1) is 14.3. The van der Waals surface area contributed by atoms with E-state index in [1.807, 2.05) is 0 Å². The predicted molar refractivity (Wildman–Crippen MR) is 119 cm³/mol. The van der Waals surface area contributed by atoms with Crippen LogP contribution in [0.5, 0.6) is 11.5 Å². The van der Waals surface area contributed by atoms with E-state index < -0.39 is 18.4 Å².